The molecule has 1 aromatic rings. The van der Waals surface area contributed by atoms with E-state index < -0.39 is 0 Å². The smallest absolute Gasteiger partial charge is 0.337 e. The number of rotatable bonds is 2. The fourth-order valence-corrected chi connectivity index (χ4v) is 1.39. The number of hydrogen-bond acceptors (Lipinski definition) is 5. The number of hydrogen-bond donors (Lipinski definition) is 1. The zero-order valence-electron chi connectivity index (χ0n) is 7.43. The van der Waals surface area contributed by atoms with E-state index in [1.54, 1.807) is 4.68 Å². The summed E-state index contributed by atoms with van der Waals surface area (Å²) in [5.41, 5.74) is 5.65. The Hall–Kier alpha value is -1.30. The summed E-state index contributed by atoms with van der Waals surface area (Å²) < 4.78 is 11.8. The molecule has 1 aliphatic heterocycles. The van der Waals surface area contributed by atoms with Gasteiger partial charge in [-0.25, -0.2) is 4.68 Å². The van der Waals surface area contributed by atoms with Crippen molar-refractivity contribution in [2.75, 3.05) is 26.1 Å². The second-order valence-electron chi connectivity index (χ2n) is 2.92. The maximum Gasteiger partial charge on any atom is 0.337 e. The van der Waals surface area contributed by atoms with Gasteiger partial charge in [-0.3, -0.25) is 0 Å². The fourth-order valence-electron chi connectivity index (χ4n) is 1.39. The Morgan fingerprint density at radius 2 is 2.54 bits per heavy atom. The number of aromatic nitrogens is 3. The topological polar surface area (TPSA) is 75.2 Å². The van der Waals surface area contributed by atoms with Crippen LogP contribution in [0.3, 0.4) is 0 Å². The van der Waals surface area contributed by atoms with Gasteiger partial charge in [-0.05, 0) is 6.42 Å². The first-order valence-electron chi connectivity index (χ1n) is 4.15. The fraction of sp³-hybridized carbons (Fsp3) is 0.714. The van der Waals surface area contributed by atoms with Gasteiger partial charge in [0.2, 0.25) is 5.95 Å². The Balaban J connectivity index is 2.22. The van der Waals surface area contributed by atoms with E-state index in [1.165, 1.54) is 7.11 Å². The zero-order valence-corrected chi connectivity index (χ0v) is 7.43. The van der Waals surface area contributed by atoms with E-state index in [1.807, 2.05) is 0 Å². The minimum Gasteiger partial charge on any atom is -0.466 e. The van der Waals surface area contributed by atoms with Gasteiger partial charge in [0.25, 0.3) is 0 Å². The Labute approximate surface area is 75.6 Å². The molecule has 2 rings (SSSR count). The molecule has 6 heteroatoms. The largest absolute Gasteiger partial charge is 0.466 e. The van der Waals surface area contributed by atoms with Gasteiger partial charge in [0.1, 0.15) is 0 Å². The minimum absolute atomic E-state index is 0.205. The normalized spacial score (nSPS) is 22.1. The van der Waals surface area contributed by atoms with Crippen LogP contribution in [0.4, 0.5) is 5.95 Å². The molecule has 1 aliphatic rings. The molecular weight excluding hydrogens is 172 g/mol. The van der Waals surface area contributed by atoms with Crippen LogP contribution in [0.15, 0.2) is 0 Å². The molecule has 1 aromatic heterocycles. The number of nitrogen functional groups attached to an aromatic ring is 1. The molecular formula is C7H12N4O2. The maximum atomic E-state index is 5.65. The third kappa shape index (κ3) is 1.44. The van der Waals surface area contributed by atoms with Crippen LogP contribution < -0.4 is 10.5 Å². The minimum atomic E-state index is 0.205. The second-order valence-corrected chi connectivity index (χ2v) is 2.92. The molecule has 0 radical (unpaired) electrons. The molecule has 0 spiro atoms. The summed E-state index contributed by atoms with van der Waals surface area (Å²) in [6, 6.07) is 0.515. The van der Waals surface area contributed by atoms with Crippen molar-refractivity contribution in [3.05, 3.63) is 0 Å². The molecule has 13 heavy (non-hydrogen) atoms. The van der Waals surface area contributed by atoms with Gasteiger partial charge in [-0.2, -0.15) is 4.98 Å². The lowest BCUT2D eigenvalue weighted by atomic mass is 10.3. The SMILES string of the molecule is COc1nc(N)n(C2CCOC2)n1. The van der Waals surface area contributed by atoms with E-state index in [4.69, 9.17) is 15.2 Å². The van der Waals surface area contributed by atoms with Crippen molar-refractivity contribution < 1.29 is 9.47 Å². The van der Waals surface area contributed by atoms with Gasteiger partial charge < -0.3 is 15.2 Å². The predicted molar refractivity (Wildman–Crippen MR) is 45.5 cm³/mol. The molecule has 0 saturated carbocycles. The Bertz CT molecular complexity index is 293. The highest BCUT2D eigenvalue weighted by molar-refractivity contribution is 5.19. The van der Waals surface area contributed by atoms with Crippen LogP contribution in [-0.2, 0) is 4.74 Å². The molecule has 2 heterocycles. The molecule has 0 bridgehead atoms. The van der Waals surface area contributed by atoms with Gasteiger partial charge in [-0.1, -0.05) is 0 Å². The lowest BCUT2D eigenvalue weighted by Crippen LogP contribution is -2.13. The standard InChI is InChI=1S/C7H12N4O2/c1-12-7-9-6(8)11(10-7)5-2-3-13-4-5/h5H,2-4H2,1H3,(H2,8,9,10). The number of nitrogens with two attached hydrogens (primary N) is 1. The molecule has 2 N–H and O–H groups in total. The van der Waals surface area contributed by atoms with Crippen LogP contribution >= 0.6 is 0 Å². The molecule has 0 aliphatic carbocycles. The van der Waals surface area contributed by atoms with Crippen LogP contribution in [0.5, 0.6) is 6.01 Å². The molecule has 1 fully saturated rings. The Morgan fingerprint density at radius 3 is 3.08 bits per heavy atom. The monoisotopic (exact) mass is 184 g/mol. The second kappa shape index (κ2) is 3.21. The summed E-state index contributed by atoms with van der Waals surface area (Å²) in [6.07, 6.45) is 0.927. The maximum absolute atomic E-state index is 5.65. The van der Waals surface area contributed by atoms with Gasteiger partial charge >= 0.3 is 6.01 Å². The van der Waals surface area contributed by atoms with Crippen molar-refractivity contribution in [3.8, 4) is 6.01 Å². The van der Waals surface area contributed by atoms with Gasteiger partial charge in [0.15, 0.2) is 0 Å². The average Bonchev–Trinajstić information content (AvgIpc) is 2.72. The quantitative estimate of drug-likeness (QED) is 0.690. The summed E-state index contributed by atoms with van der Waals surface area (Å²) >= 11 is 0. The summed E-state index contributed by atoms with van der Waals surface area (Å²) in [7, 11) is 1.52. The summed E-state index contributed by atoms with van der Waals surface area (Å²) in [5, 5.41) is 4.09. The highest BCUT2D eigenvalue weighted by atomic mass is 16.5. The average molecular weight is 184 g/mol. The lowest BCUT2D eigenvalue weighted by Gasteiger charge is -2.07. The lowest BCUT2D eigenvalue weighted by molar-refractivity contribution is 0.184. The number of anilines is 1. The summed E-state index contributed by atoms with van der Waals surface area (Å²) in [6.45, 7) is 1.41. The van der Waals surface area contributed by atoms with Crippen LogP contribution in [0.2, 0.25) is 0 Å². The van der Waals surface area contributed by atoms with Crippen molar-refractivity contribution in [3.63, 3.8) is 0 Å². The van der Waals surface area contributed by atoms with E-state index in [-0.39, 0.29) is 6.04 Å². The first-order valence-corrected chi connectivity index (χ1v) is 4.15. The van der Waals surface area contributed by atoms with Crippen molar-refractivity contribution in [1.82, 2.24) is 14.8 Å². The van der Waals surface area contributed by atoms with Crippen LogP contribution in [0.1, 0.15) is 12.5 Å². The highest BCUT2D eigenvalue weighted by Gasteiger charge is 2.21. The third-order valence-electron chi connectivity index (χ3n) is 2.07. The van der Waals surface area contributed by atoms with Crippen LogP contribution in [0.25, 0.3) is 0 Å². The van der Waals surface area contributed by atoms with E-state index in [0.29, 0.717) is 18.6 Å². The number of methoxy groups -OCH3 is 1. The van der Waals surface area contributed by atoms with Crippen LogP contribution in [-0.4, -0.2) is 35.1 Å². The molecule has 6 nitrogen and oxygen atoms in total. The summed E-state index contributed by atoms with van der Waals surface area (Å²) in [5.74, 6) is 0.382. The number of ether oxygens (including phenoxy) is 2. The Kier molecular flexibility index (Phi) is 2.05. The molecule has 1 atom stereocenters. The van der Waals surface area contributed by atoms with Crippen molar-refractivity contribution in [1.29, 1.82) is 0 Å². The third-order valence-corrected chi connectivity index (χ3v) is 2.07. The molecule has 72 valence electrons. The van der Waals surface area contributed by atoms with E-state index in [2.05, 4.69) is 10.1 Å². The first kappa shape index (κ1) is 8.31. The number of nitrogens with zero attached hydrogens (tertiary/aromatic N) is 3. The van der Waals surface area contributed by atoms with E-state index >= 15 is 0 Å². The zero-order chi connectivity index (χ0) is 9.26. The van der Waals surface area contributed by atoms with Crippen molar-refractivity contribution in [2.45, 2.75) is 12.5 Å². The highest BCUT2D eigenvalue weighted by Crippen LogP contribution is 2.21. The molecule has 1 saturated heterocycles. The molecule has 0 aromatic carbocycles. The Morgan fingerprint density at radius 1 is 1.69 bits per heavy atom. The van der Waals surface area contributed by atoms with Gasteiger partial charge in [0, 0.05) is 6.61 Å². The first-order chi connectivity index (χ1) is 6.31. The van der Waals surface area contributed by atoms with Gasteiger partial charge in [0.05, 0.1) is 19.8 Å². The summed E-state index contributed by atoms with van der Waals surface area (Å²) in [4.78, 5) is 3.93. The van der Waals surface area contributed by atoms with Crippen LogP contribution in [0, 0.1) is 0 Å². The van der Waals surface area contributed by atoms with Gasteiger partial charge in [-0.15, -0.1) is 5.10 Å². The van der Waals surface area contributed by atoms with E-state index in [0.717, 1.165) is 13.0 Å². The van der Waals surface area contributed by atoms with Crippen molar-refractivity contribution >= 4 is 5.95 Å². The van der Waals surface area contributed by atoms with E-state index in [9.17, 15) is 0 Å². The predicted octanol–water partition coefficient (Wildman–Crippen LogP) is -0.170. The van der Waals surface area contributed by atoms with Crippen molar-refractivity contribution in [2.24, 2.45) is 0 Å². The molecule has 0 amide bonds. The molecule has 1 unspecified atom stereocenters.